The maximum atomic E-state index is 15.1. The van der Waals surface area contributed by atoms with E-state index in [-0.39, 0.29) is 22.3 Å². The second-order valence-corrected chi connectivity index (χ2v) is 7.50. The van der Waals surface area contributed by atoms with Crippen LogP contribution in [0.25, 0.3) is 21.8 Å². The quantitative estimate of drug-likeness (QED) is 0.387. The van der Waals surface area contributed by atoms with Gasteiger partial charge in [0.25, 0.3) is 0 Å². The zero-order chi connectivity index (χ0) is 24.0. The summed E-state index contributed by atoms with van der Waals surface area (Å²) >= 11 is 0. The van der Waals surface area contributed by atoms with Crippen LogP contribution < -0.4 is 4.74 Å². The fourth-order valence-corrected chi connectivity index (χ4v) is 4.12. The Labute approximate surface area is 185 Å². The Morgan fingerprint density at radius 1 is 1.21 bits per heavy atom. The third-order valence-electron chi connectivity index (χ3n) is 5.52. The Bertz CT molecular complexity index is 1410. The maximum Gasteiger partial charge on any atom is 0.427 e. The van der Waals surface area contributed by atoms with E-state index in [9.17, 15) is 9.90 Å². The first-order valence-electron chi connectivity index (χ1n) is 9.73. The van der Waals surface area contributed by atoms with Crippen molar-refractivity contribution in [2.45, 2.75) is 18.7 Å². The monoisotopic (exact) mass is 457 g/mol. The van der Waals surface area contributed by atoms with Crippen LogP contribution in [0.3, 0.4) is 0 Å². The molecule has 0 fully saturated rings. The van der Waals surface area contributed by atoms with Gasteiger partial charge in [0.2, 0.25) is 5.60 Å². The van der Waals surface area contributed by atoms with E-state index >= 15 is 13.2 Å². The van der Waals surface area contributed by atoms with Crippen LogP contribution in [-0.4, -0.2) is 40.9 Å². The lowest BCUT2D eigenvalue weighted by molar-refractivity contribution is -0.267. The molecule has 7 nitrogen and oxygen atoms in total. The first-order valence-corrected chi connectivity index (χ1v) is 9.73. The van der Waals surface area contributed by atoms with Crippen molar-refractivity contribution in [1.82, 2.24) is 9.97 Å². The molecule has 0 bridgehead atoms. The fourth-order valence-electron chi connectivity index (χ4n) is 4.12. The van der Waals surface area contributed by atoms with Crippen molar-refractivity contribution in [2.75, 3.05) is 13.7 Å². The molecule has 1 unspecified atom stereocenters. The number of alkyl halides is 3. The van der Waals surface area contributed by atoms with E-state index in [0.29, 0.717) is 22.0 Å². The zero-order valence-corrected chi connectivity index (χ0v) is 17.5. The molecule has 1 atom stereocenters. The summed E-state index contributed by atoms with van der Waals surface area (Å²) in [7, 11) is 1.24. The summed E-state index contributed by atoms with van der Waals surface area (Å²) in [5.74, 6) is -1.68. The van der Waals surface area contributed by atoms with Gasteiger partial charge in [-0.05, 0) is 48.9 Å². The summed E-state index contributed by atoms with van der Waals surface area (Å²) in [5, 5.41) is 18.9. The molecule has 2 heterocycles. The molecule has 170 valence electrons. The van der Waals surface area contributed by atoms with Crippen LogP contribution in [-0.2, 0) is 15.1 Å². The highest BCUT2D eigenvalue weighted by molar-refractivity contribution is 5.90. The molecule has 0 saturated carbocycles. The van der Waals surface area contributed by atoms with Crippen molar-refractivity contribution in [3.8, 4) is 11.8 Å². The minimum absolute atomic E-state index is 0.112. The van der Waals surface area contributed by atoms with Crippen molar-refractivity contribution >= 4 is 27.8 Å². The Morgan fingerprint density at radius 3 is 2.61 bits per heavy atom. The van der Waals surface area contributed by atoms with Crippen LogP contribution in [0.15, 0.2) is 42.6 Å². The number of carboxylic acid groups (broad SMARTS) is 1. The minimum Gasteiger partial charge on any atom is -0.496 e. The van der Waals surface area contributed by atoms with Crippen LogP contribution >= 0.6 is 0 Å². The number of benzene rings is 2. The maximum absolute atomic E-state index is 15.1. The number of rotatable bonds is 6. The van der Waals surface area contributed by atoms with E-state index in [2.05, 4.69) is 9.97 Å². The molecule has 0 radical (unpaired) electrons. The number of nitrogens with one attached hydrogen (secondary N) is 2. The molecule has 0 saturated heterocycles. The van der Waals surface area contributed by atoms with Crippen LogP contribution in [0.2, 0.25) is 0 Å². The van der Waals surface area contributed by atoms with E-state index in [1.165, 1.54) is 49.7 Å². The van der Waals surface area contributed by atoms with Gasteiger partial charge in [-0.1, -0.05) is 0 Å². The van der Waals surface area contributed by atoms with Gasteiger partial charge in [0.1, 0.15) is 12.4 Å². The number of fused-ring (bicyclic) bond motifs is 2. The van der Waals surface area contributed by atoms with Crippen LogP contribution in [0, 0.1) is 18.3 Å². The molecule has 33 heavy (non-hydrogen) atoms. The van der Waals surface area contributed by atoms with Crippen LogP contribution in [0.1, 0.15) is 22.4 Å². The molecule has 0 spiro atoms. The van der Waals surface area contributed by atoms with Gasteiger partial charge >= 0.3 is 12.1 Å². The number of ether oxygens (including phenoxy) is 2. The van der Waals surface area contributed by atoms with E-state index in [1.807, 2.05) is 6.07 Å². The smallest absolute Gasteiger partial charge is 0.427 e. The highest BCUT2D eigenvalue weighted by Crippen LogP contribution is 2.53. The van der Waals surface area contributed by atoms with E-state index in [4.69, 9.17) is 14.7 Å². The Kier molecular flexibility index (Phi) is 5.30. The topological polar surface area (TPSA) is 111 Å². The average molecular weight is 457 g/mol. The highest BCUT2D eigenvalue weighted by Gasteiger charge is 2.62. The number of methoxy groups -OCH3 is 1. The molecule has 4 rings (SSSR count). The normalized spacial score (nSPS) is 13.7. The summed E-state index contributed by atoms with van der Waals surface area (Å²) in [6, 6.07) is 10.4. The number of halogens is 3. The Balaban J connectivity index is 2.14. The summed E-state index contributed by atoms with van der Waals surface area (Å²) < 4.78 is 55.8. The van der Waals surface area contributed by atoms with Crippen molar-refractivity contribution in [3.63, 3.8) is 0 Å². The Morgan fingerprint density at radius 2 is 1.97 bits per heavy atom. The van der Waals surface area contributed by atoms with Crippen molar-refractivity contribution < 1.29 is 32.5 Å². The molecule has 3 N–H and O–H groups in total. The Hall–Kier alpha value is -3.97. The van der Waals surface area contributed by atoms with E-state index in [0.717, 1.165) is 0 Å². The highest BCUT2D eigenvalue weighted by atomic mass is 19.4. The van der Waals surface area contributed by atoms with Gasteiger partial charge in [0.05, 0.1) is 30.0 Å². The predicted octanol–water partition coefficient (Wildman–Crippen LogP) is 4.75. The number of nitrogens with zero attached hydrogens (tertiary/aromatic N) is 1. The zero-order valence-electron chi connectivity index (χ0n) is 17.5. The summed E-state index contributed by atoms with van der Waals surface area (Å²) in [5.41, 5.74) is -2.37. The molecule has 4 aromatic rings. The molecule has 2 aromatic carbocycles. The number of hydrogen-bond acceptors (Lipinski definition) is 4. The van der Waals surface area contributed by atoms with Gasteiger partial charge in [0.15, 0.2) is 0 Å². The van der Waals surface area contributed by atoms with Gasteiger partial charge in [0, 0.05) is 28.0 Å². The third-order valence-corrected chi connectivity index (χ3v) is 5.52. The van der Waals surface area contributed by atoms with Gasteiger partial charge in [-0.25, -0.2) is 4.79 Å². The number of aryl methyl sites for hydroxylation is 1. The largest absolute Gasteiger partial charge is 0.496 e. The molecule has 0 amide bonds. The fraction of sp³-hybridized carbons (Fsp3) is 0.217. The van der Waals surface area contributed by atoms with Gasteiger partial charge in [-0.3, -0.25) is 0 Å². The SMILES string of the molecule is COc1cc(C)c2[nH]ccc2c1C(OCC(=O)O)(c1cc2cc(C#N)ccc2[nH]1)C(F)(F)F. The molecule has 0 aliphatic rings. The number of carboxylic acids is 1. The van der Waals surface area contributed by atoms with Crippen molar-refractivity contribution in [1.29, 1.82) is 5.26 Å². The van der Waals surface area contributed by atoms with Gasteiger partial charge < -0.3 is 24.5 Å². The number of aromatic amines is 2. The first kappa shape index (κ1) is 22.2. The van der Waals surface area contributed by atoms with E-state index in [1.54, 1.807) is 6.92 Å². The molecule has 10 heteroatoms. The third kappa shape index (κ3) is 3.47. The van der Waals surface area contributed by atoms with Crippen LogP contribution in [0.4, 0.5) is 13.2 Å². The van der Waals surface area contributed by atoms with Crippen molar-refractivity contribution in [2.24, 2.45) is 0 Å². The number of hydrogen-bond donors (Lipinski definition) is 3. The molecular weight excluding hydrogens is 439 g/mol. The first-order chi connectivity index (χ1) is 15.6. The lowest BCUT2D eigenvalue weighted by atomic mass is 9.85. The number of nitriles is 1. The second-order valence-electron chi connectivity index (χ2n) is 7.50. The average Bonchev–Trinajstić information content (AvgIpc) is 3.41. The summed E-state index contributed by atoms with van der Waals surface area (Å²) in [4.78, 5) is 17.0. The molecule has 2 aromatic heterocycles. The standard InChI is InChI=1S/C23H18F3N3O4/c1-12-7-17(32-2)20(15-5-6-28-21(12)15)22(23(24,25)26,33-11-19(30)31)18-9-14-8-13(10-27)3-4-16(14)29-18/h3-9,28-29H,11H2,1-2H3,(H,30,31). The number of carbonyl (C=O) groups is 1. The van der Waals surface area contributed by atoms with Gasteiger partial charge in [-0.2, -0.15) is 18.4 Å². The molecular formula is C23H18F3N3O4. The number of H-pyrrole nitrogens is 2. The number of aliphatic carboxylic acids is 1. The summed E-state index contributed by atoms with van der Waals surface area (Å²) in [6.07, 6.45) is -3.61. The lowest BCUT2D eigenvalue weighted by Crippen LogP contribution is -2.47. The molecule has 0 aliphatic carbocycles. The predicted molar refractivity (Wildman–Crippen MR) is 113 cm³/mol. The second kappa shape index (κ2) is 7.86. The summed E-state index contributed by atoms with van der Waals surface area (Å²) in [6.45, 7) is 0.492. The lowest BCUT2D eigenvalue weighted by Gasteiger charge is -2.36. The van der Waals surface area contributed by atoms with E-state index < -0.39 is 30.0 Å². The van der Waals surface area contributed by atoms with Gasteiger partial charge in [-0.15, -0.1) is 0 Å². The van der Waals surface area contributed by atoms with Crippen molar-refractivity contribution in [3.05, 3.63) is 65.0 Å². The number of aromatic nitrogens is 2. The molecule has 0 aliphatic heterocycles. The minimum atomic E-state index is -5.10. The van der Waals surface area contributed by atoms with Crippen LogP contribution in [0.5, 0.6) is 5.75 Å².